The zero-order valence-electron chi connectivity index (χ0n) is 21.8. The van der Waals surface area contributed by atoms with Crippen LogP contribution < -0.4 is 10.2 Å². The molecule has 1 fully saturated rings. The van der Waals surface area contributed by atoms with E-state index in [1.807, 2.05) is 26.0 Å². The third-order valence-corrected chi connectivity index (χ3v) is 6.93. The lowest BCUT2D eigenvalue weighted by molar-refractivity contribution is -0.116. The van der Waals surface area contributed by atoms with Crippen molar-refractivity contribution in [3.63, 3.8) is 0 Å². The van der Waals surface area contributed by atoms with Crippen LogP contribution in [0.2, 0.25) is 0 Å². The van der Waals surface area contributed by atoms with Crippen LogP contribution in [0.25, 0.3) is 44.7 Å². The molecule has 0 unspecified atom stereocenters. The van der Waals surface area contributed by atoms with Gasteiger partial charge < -0.3 is 20.1 Å². The topological polar surface area (TPSA) is 119 Å². The molecule has 1 aliphatic heterocycles. The number of hydrogen-bond donors (Lipinski definition) is 3. The third kappa shape index (κ3) is 4.70. The van der Waals surface area contributed by atoms with E-state index in [1.165, 1.54) is 0 Å². The molecule has 194 valence electrons. The molecule has 0 atom stereocenters. The Morgan fingerprint density at radius 2 is 1.89 bits per heavy atom. The summed E-state index contributed by atoms with van der Waals surface area (Å²) in [5.41, 5.74) is 6.86. The zero-order valence-corrected chi connectivity index (χ0v) is 21.8. The molecule has 0 bridgehead atoms. The summed E-state index contributed by atoms with van der Waals surface area (Å²) in [7, 11) is 2.16. The largest absolute Gasteiger partial charge is 0.367 e. The maximum absolute atomic E-state index is 12.2. The van der Waals surface area contributed by atoms with E-state index >= 15 is 0 Å². The first kappa shape index (κ1) is 24.1. The van der Waals surface area contributed by atoms with Crippen LogP contribution in [0.1, 0.15) is 20.3 Å². The number of benzene rings is 1. The number of carbonyl (C=O) groups excluding carboxylic acids is 1. The molecule has 1 aliphatic rings. The van der Waals surface area contributed by atoms with Crippen LogP contribution in [0.15, 0.2) is 48.9 Å². The van der Waals surface area contributed by atoms with Crippen molar-refractivity contribution >= 4 is 39.3 Å². The Morgan fingerprint density at radius 3 is 2.71 bits per heavy atom. The lowest BCUT2D eigenvalue weighted by Crippen LogP contribution is -2.44. The summed E-state index contributed by atoms with van der Waals surface area (Å²) in [6, 6.07) is 10.2. The van der Waals surface area contributed by atoms with Crippen molar-refractivity contribution in [3.8, 4) is 22.6 Å². The van der Waals surface area contributed by atoms with Crippen LogP contribution in [0.5, 0.6) is 0 Å². The van der Waals surface area contributed by atoms with E-state index in [0.717, 1.165) is 70.9 Å². The lowest BCUT2D eigenvalue weighted by Gasteiger charge is -2.34. The van der Waals surface area contributed by atoms with Crippen molar-refractivity contribution in [2.24, 2.45) is 5.92 Å². The number of amides is 1. The fourth-order valence-corrected chi connectivity index (χ4v) is 4.92. The number of hydrogen-bond acceptors (Lipinski definition) is 7. The van der Waals surface area contributed by atoms with Crippen molar-refractivity contribution < 1.29 is 4.79 Å². The van der Waals surface area contributed by atoms with E-state index in [9.17, 15) is 4.79 Å². The summed E-state index contributed by atoms with van der Waals surface area (Å²) in [5.74, 6) is 0.981. The van der Waals surface area contributed by atoms with Crippen LogP contribution in [0.3, 0.4) is 0 Å². The molecule has 38 heavy (non-hydrogen) atoms. The Hall–Kier alpha value is -4.31. The molecule has 3 N–H and O–H groups in total. The van der Waals surface area contributed by atoms with Gasteiger partial charge in [-0.15, -0.1) is 0 Å². The fraction of sp³-hybridized carbons (Fsp3) is 0.321. The summed E-state index contributed by atoms with van der Waals surface area (Å²) < 4.78 is 0. The van der Waals surface area contributed by atoms with Gasteiger partial charge in [-0.2, -0.15) is 5.10 Å². The van der Waals surface area contributed by atoms with Gasteiger partial charge in [-0.3, -0.25) is 14.9 Å². The number of fused-ring (bicyclic) bond motifs is 2. The molecule has 1 aromatic carbocycles. The van der Waals surface area contributed by atoms with Gasteiger partial charge in [0.15, 0.2) is 11.5 Å². The smallest absolute Gasteiger partial charge is 0.224 e. The standard InChI is InChI=1S/C28H31N9O/c1-17(2)11-24(38)31-20-12-18(14-29-16-20)19-13-21-25(34-35-27(21)30-15-19)28-32-22-5-4-6-23(26(22)33-28)37-9-7-36(3)8-10-37/h4-6,12-17H,7-11H2,1-3H3,(H,31,38)(H,32,33)(H,30,34,35). The number of rotatable bonds is 6. The molecule has 0 saturated carbocycles. The Kier molecular flexibility index (Phi) is 6.24. The minimum atomic E-state index is -0.0227. The monoisotopic (exact) mass is 509 g/mol. The Labute approximate surface area is 220 Å². The molecule has 6 rings (SSSR count). The number of carbonyl (C=O) groups is 1. The molecule has 4 aromatic heterocycles. The van der Waals surface area contributed by atoms with Gasteiger partial charge in [0.25, 0.3) is 0 Å². The molecule has 10 heteroatoms. The van der Waals surface area contributed by atoms with Gasteiger partial charge in [-0.25, -0.2) is 9.97 Å². The number of likely N-dealkylation sites (N-methyl/N-ethyl adjacent to an activating group) is 1. The fourth-order valence-electron chi connectivity index (χ4n) is 4.92. The molecule has 0 aliphatic carbocycles. The number of nitrogens with zero attached hydrogens (tertiary/aromatic N) is 6. The van der Waals surface area contributed by atoms with Gasteiger partial charge in [0, 0.05) is 56.1 Å². The molecule has 0 spiro atoms. The Balaban J connectivity index is 1.34. The highest BCUT2D eigenvalue weighted by atomic mass is 16.1. The second-order valence-electron chi connectivity index (χ2n) is 10.4. The number of para-hydroxylation sites is 1. The van der Waals surface area contributed by atoms with Crippen molar-refractivity contribution in [3.05, 3.63) is 48.9 Å². The van der Waals surface area contributed by atoms with Gasteiger partial charge in [-0.1, -0.05) is 19.9 Å². The van der Waals surface area contributed by atoms with Gasteiger partial charge in [0.2, 0.25) is 5.91 Å². The first-order valence-electron chi connectivity index (χ1n) is 13.0. The number of H-pyrrole nitrogens is 2. The number of imidazole rings is 1. The minimum absolute atomic E-state index is 0.0227. The first-order chi connectivity index (χ1) is 18.4. The number of piperazine rings is 1. The summed E-state index contributed by atoms with van der Waals surface area (Å²) in [4.78, 5) is 34.4. The number of nitrogens with one attached hydrogen (secondary N) is 3. The number of anilines is 2. The average molecular weight is 510 g/mol. The highest BCUT2D eigenvalue weighted by molar-refractivity contribution is 5.96. The molecular formula is C28H31N9O. The molecule has 0 radical (unpaired) electrons. The number of aromatic nitrogens is 6. The predicted octanol–water partition coefficient (Wildman–Crippen LogP) is 4.30. The van der Waals surface area contributed by atoms with E-state index < -0.39 is 0 Å². The van der Waals surface area contributed by atoms with E-state index in [1.54, 1.807) is 18.6 Å². The first-order valence-corrected chi connectivity index (χ1v) is 13.0. The van der Waals surface area contributed by atoms with Crippen LogP contribution in [0.4, 0.5) is 11.4 Å². The Bertz CT molecular complexity index is 1610. The Morgan fingerprint density at radius 1 is 1.08 bits per heavy atom. The number of pyridine rings is 2. The predicted molar refractivity (Wildman–Crippen MR) is 150 cm³/mol. The molecule has 5 aromatic rings. The van der Waals surface area contributed by atoms with Crippen molar-refractivity contribution in [1.82, 2.24) is 35.0 Å². The highest BCUT2D eigenvalue weighted by Gasteiger charge is 2.20. The maximum atomic E-state index is 12.2. The molecule has 1 amide bonds. The second kappa shape index (κ2) is 9.86. The van der Waals surface area contributed by atoms with Crippen LogP contribution in [0, 0.1) is 5.92 Å². The second-order valence-corrected chi connectivity index (χ2v) is 10.4. The molecule has 5 heterocycles. The minimum Gasteiger partial charge on any atom is -0.367 e. The van der Waals surface area contributed by atoms with Crippen LogP contribution in [-0.4, -0.2) is 74.2 Å². The van der Waals surface area contributed by atoms with Crippen LogP contribution >= 0.6 is 0 Å². The van der Waals surface area contributed by atoms with E-state index in [0.29, 0.717) is 17.8 Å². The van der Waals surface area contributed by atoms with Gasteiger partial charge in [0.05, 0.1) is 28.5 Å². The number of aromatic amines is 2. The van der Waals surface area contributed by atoms with Crippen molar-refractivity contribution in [1.29, 1.82) is 0 Å². The molecule has 1 saturated heterocycles. The van der Waals surface area contributed by atoms with Gasteiger partial charge in [-0.05, 0) is 37.2 Å². The zero-order chi connectivity index (χ0) is 26.2. The van der Waals surface area contributed by atoms with Gasteiger partial charge >= 0.3 is 0 Å². The van der Waals surface area contributed by atoms with E-state index in [4.69, 9.17) is 4.98 Å². The maximum Gasteiger partial charge on any atom is 0.224 e. The summed E-state index contributed by atoms with van der Waals surface area (Å²) in [6.07, 6.45) is 5.66. The SMILES string of the molecule is CC(C)CC(=O)Nc1cncc(-c2cnc3n[nH]c(-c4nc5c(N6CCN(C)CC6)cccc5[nH]4)c3c2)c1. The van der Waals surface area contributed by atoms with Crippen LogP contribution in [-0.2, 0) is 4.79 Å². The average Bonchev–Trinajstić information content (AvgIpc) is 3.52. The highest BCUT2D eigenvalue weighted by Crippen LogP contribution is 2.32. The quantitative estimate of drug-likeness (QED) is 0.312. The van der Waals surface area contributed by atoms with Crippen molar-refractivity contribution in [2.75, 3.05) is 43.4 Å². The van der Waals surface area contributed by atoms with Gasteiger partial charge in [0.1, 0.15) is 11.2 Å². The lowest BCUT2D eigenvalue weighted by atomic mass is 10.1. The van der Waals surface area contributed by atoms with E-state index in [2.05, 4.69) is 65.5 Å². The van der Waals surface area contributed by atoms with Crippen molar-refractivity contribution in [2.45, 2.75) is 20.3 Å². The molecular weight excluding hydrogens is 478 g/mol. The third-order valence-electron chi connectivity index (χ3n) is 6.93. The summed E-state index contributed by atoms with van der Waals surface area (Å²) in [6.45, 7) is 8.06. The summed E-state index contributed by atoms with van der Waals surface area (Å²) in [5, 5.41) is 11.4. The van der Waals surface area contributed by atoms with E-state index in [-0.39, 0.29) is 11.8 Å². The normalized spacial score (nSPS) is 14.6. The summed E-state index contributed by atoms with van der Waals surface area (Å²) >= 11 is 0. The molecule has 10 nitrogen and oxygen atoms in total.